The lowest BCUT2D eigenvalue weighted by atomic mass is 9.86. The molecule has 1 aliphatic heterocycles. The Hall–Kier alpha value is -1.97. The second kappa shape index (κ2) is 6.04. The van der Waals surface area contributed by atoms with Crippen molar-refractivity contribution in [3.05, 3.63) is 30.5 Å². The van der Waals surface area contributed by atoms with E-state index in [4.69, 9.17) is 9.47 Å². The van der Waals surface area contributed by atoms with Crippen molar-refractivity contribution in [2.24, 2.45) is 0 Å². The molecule has 2 heterocycles. The third-order valence-corrected chi connectivity index (χ3v) is 5.37. The fourth-order valence-electron chi connectivity index (χ4n) is 3.86. The van der Waals surface area contributed by atoms with Crippen LogP contribution in [0.25, 0.3) is 10.9 Å². The van der Waals surface area contributed by atoms with Crippen molar-refractivity contribution in [3.8, 4) is 5.75 Å². The summed E-state index contributed by atoms with van der Waals surface area (Å²) in [5.74, 6) is -3.23. The van der Waals surface area contributed by atoms with Crippen LogP contribution in [0.1, 0.15) is 25.7 Å². The molecule has 0 radical (unpaired) electrons. The van der Waals surface area contributed by atoms with Gasteiger partial charge in [-0.25, -0.2) is 4.79 Å². The van der Waals surface area contributed by atoms with Gasteiger partial charge in [0.25, 0.3) is 0 Å². The van der Waals surface area contributed by atoms with Crippen molar-refractivity contribution in [2.45, 2.75) is 55.4 Å². The van der Waals surface area contributed by atoms with Gasteiger partial charge in [0.15, 0.2) is 6.10 Å². The second-order valence-corrected chi connectivity index (χ2v) is 6.97. The molecule has 4 atom stereocenters. The van der Waals surface area contributed by atoms with E-state index >= 15 is 0 Å². The van der Waals surface area contributed by atoms with E-state index in [-0.39, 0.29) is 18.6 Å². The third kappa shape index (κ3) is 2.45. The monoisotopic (exact) mass is 362 g/mol. The maximum Gasteiger partial charge on any atom is 0.343 e. The highest BCUT2D eigenvalue weighted by atomic mass is 16.7. The van der Waals surface area contributed by atoms with Gasteiger partial charge in [-0.1, -0.05) is 37.1 Å². The Morgan fingerprint density at radius 2 is 1.88 bits per heavy atom. The first-order valence-electron chi connectivity index (χ1n) is 8.56. The summed E-state index contributed by atoms with van der Waals surface area (Å²) < 4.78 is 10.6. The largest absolute Gasteiger partial charge is 0.661 e. The molecule has 4 rings (SSSR count). The molecule has 0 bridgehead atoms. The first kappa shape index (κ1) is 17.4. The first-order chi connectivity index (χ1) is 12.4. The molecule has 0 spiro atoms. The number of hydrogen-bond acceptors (Lipinski definition) is 7. The topological polar surface area (TPSA) is 131 Å². The summed E-state index contributed by atoms with van der Waals surface area (Å²) in [6.45, 7) is 0. The van der Waals surface area contributed by atoms with Gasteiger partial charge in [-0.15, -0.1) is 11.7 Å². The minimum atomic E-state index is -2.43. The van der Waals surface area contributed by atoms with Crippen molar-refractivity contribution in [3.63, 3.8) is 0 Å². The number of aromatic nitrogens is 1. The van der Waals surface area contributed by atoms with E-state index in [1.807, 2.05) is 0 Å². The maximum absolute atomic E-state index is 12.5. The predicted molar refractivity (Wildman–Crippen MR) is 88.2 cm³/mol. The Morgan fingerprint density at radius 3 is 2.62 bits per heavy atom. The molecule has 2 fully saturated rings. The summed E-state index contributed by atoms with van der Waals surface area (Å²) >= 11 is 0. The van der Waals surface area contributed by atoms with Gasteiger partial charge in [0.1, 0.15) is 23.6 Å². The summed E-state index contributed by atoms with van der Waals surface area (Å²) in [5.41, 5.74) is -1.09. The van der Waals surface area contributed by atoms with E-state index < -0.39 is 35.7 Å². The highest BCUT2D eigenvalue weighted by Crippen LogP contribution is 2.46. The molecule has 1 aromatic carbocycles. The van der Waals surface area contributed by atoms with Crippen LogP contribution in [0, 0.1) is 0 Å². The van der Waals surface area contributed by atoms with Crippen molar-refractivity contribution in [2.75, 3.05) is 0 Å². The normalized spacial score (nSPS) is 33.6. The highest BCUT2D eigenvalue weighted by molar-refractivity contribution is 5.89. The zero-order valence-corrected chi connectivity index (χ0v) is 13.9. The zero-order chi connectivity index (χ0) is 18.5. The number of aliphatic hydroxyl groups is 4. The Bertz CT molecular complexity index is 828. The highest BCUT2D eigenvalue weighted by Gasteiger charge is 2.66. The standard InChI is InChI=1S/C18H20NO7/c20-13-14(26-18(24,15(13)21)17(23)7-3-4-8-17)16(22)25-12-9-19-11-6-2-1-5-10(11)12/h1-2,5-6,9,13-15,20-21,23-24H,3-4,7-8H2/q-1/t13-,14+,15+,18+/m0/s1. The number of esters is 1. The van der Waals surface area contributed by atoms with Gasteiger partial charge in [0.2, 0.25) is 5.79 Å². The average molecular weight is 362 g/mol. The summed E-state index contributed by atoms with van der Waals surface area (Å²) in [7, 11) is 0. The predicted octanol–water partition coefficient (Wildman–Crippen LogP) is -0.183. The molecule has 8 nitrogen and oxygen atoms in total. The number of para-hydroxylation sites is 1. The molecule has 1 saturated heterocycles. The van der Waals surface area contributed by atoms with Crippen LogP contribution in [-0.2, 0) is 9.53 Å². The molecule has 0 unspecified atom stereocenters. The number of hydrogen-bond donors (Lipinski definition) is 4. The van der Waals surface area contributed by atoms with Gasteiger partial charge in [-0.2, -0.15) is 0 Å². The molecule has 1 aliphatic carbocycles. The average Bonchev–Trinajstić information content (AvgIpc) is 3.31. The quantitative estimate of drug-likeness (QED) is 0.553. The summed E-state index contributed by atoms with van der Waals surface area (Å²) in [4.78, 5) is 16.6. The summed E-state index contributed by atoms with van der Waals surface area (Å²) in [6, 6.07) is 7.04. The van der Waals surface area contributed by atoms with Gasteiger partial charge in [-0.05, 0) is 12.8 Å². The third-order valence-electron chi connectivity index (χ3n) is 5.37. The number of nitrogens with zero attached hydrogens (tertiary/aromatic N) is 1. The Kier molecular flexibility index (Phi) is 4.05. The van der Waals surface area contributed by atoms with Gasteiger partial charge in [-0.3, -0.25) is 0 Å². The van der Waals surface area contributed by atoms with Crippen molar-refractivity contribution < 1.29 is 34.7 Å². The van der Waals surface area contributed by atoms with Crippen LogP contribution >= 0.6 is 0 Å². The van der Waals surface area contributed by atoms with E-state index in [2.05, 4.69) is 4.98 Å². The van der Waals surface area contributed by atoms with Gasteiger partial charge in [0.05, 0.1) is 0 Å². The molecule has 26 heavy (non-hydrogen) atoms. The van der Waals surface area contributed by atoms with E-state index in [0.717, 1.165) is 0 Å². The second-order valence-electron chi connectivity index (χ2n) is 6.97. The van der Waals surface area contributed by atoms with E-state index in [1.54, 1.807) is 24.3 Å². The number of ether oxygens (including phenoxy) is 2. The lowest BCUT2D eigenvalue weighted by Crippen LogP contribution is -2.60. The first-order valence-corrected chi connectivity index (χ1v) is 8.56. The lowest BCUT2D eigenvalue weighted by molar-refractivity contribution is -0.313. The summed E-state index contributed by atoms with van der Waals surface area (Å²) in [6.07, 6.45) is -2.13. The molecule has 2 aliphatic rings. The van der Waals surface area contributed by atoms with Crippen molar-refractivity contribution >= 4 is 16.9 Å². The zero-order valence-electron chi connectivity index (χ0n) is 13.9. The van der Waals surface area contributed by atoms with E-state index in [9.17, 15) is 25.2 Å². The number of aliphatic hydroxyl groups excluding tert-OH is 2. The van der Waals surface area contributed by atoms with Crippen LogP contribution in [0.15, 0.2) is 30.5 Å². The molecule has 1 aromatic heterocycles. The number of rotatable bonds is 3. The van der Waals surface area contributed by atoms with Crippen LogP contribution in [0.5, 0.6) is 5.75 Å². The van der Waals surface area contributed by atoms with Gasteiger partial charge >= 0.3 is 5.97 Å². The lowest BCUT2D eigenvalue weighted by Gasteiger charge is -2.39. The molecular weight excluding hydrogens is 342 g/mol. The maximum atomic E-state index is 12.5. The number of carbonyl (C=O) groups is 1. The minimum Gasteiger partial charge on any atom is -0.661 e. The van der Waals surface area contributed by atoms with Gasteiger partial charge in [0, 0.05) is 5.39 Å². The SMILES string of the molecule is O=C(Oc1c[n-]c2ccccc12)[C@@H]1O[C@@](O)(C2(O)CCCC2)[C@H](O)[C@H]1O. The van der Waals surface area contributed by atoms with Crippen LogP contribution in [0.4, 0.5) is 0 Å². The number of benzene rings is 1. The van der Waals surface area contributed by atoms with Crippen LogP contribution < -0.4 is 9.72 Å². The van der Waals surface area contributed by atoms with Crippen molar-refractivity contribution in [1.29, 1.82) is 0 Å². The molecule has 0 amide bonds. The number of carbonyl (C=O) groups excluding carboxylic acids is 1. The Morgan fingerprint density at radius 1 is 1.19 bits per heavy atom. The van der Waals surface area contributed by atoms with E-state index in [0.29, 0.717) is 23.7 Å². The fourth-order valence-corrected chi connectivity index (χ4v) is 3.86. The molecule has 8 heteroatoms. The molecular formula is C18H20NO7-. The fraction of sp³-hybridized carbons (Fsp3) is 0.500. The van der Waals surface area contributed by atoms with Crippen molar-refractivity contribution in [1.82, 2.24) is 4.98 Å². The molecule has 2 aromatic rings. The Labute approximate surface area is 149 Å². The Balaban J connectivity index is 1.57. The molecule has 1 saturated carbocycles. The molecule has 140 valence electrons. The van der Waals surface area contributed by atoms with Crippen LogP contribution in [0.2, 0.25) is 0 Å². The summed E-state index contributed by atoms with van der Waals surface area (Å²) in [5, 5.41) is 42.4. The number of fused-ring (bicyclic) bond motifs is 1. The van der Waals surface area contributed by atoms with Crippen LogP contribution in [0.3, 0.4) is 0 Å². The van der Waals surface area contributed by atoms with Gasteiger partial charge < -0.3 is 34.9 Å². The molecule has 4 N–H and O–H groups in total. The van der Waals surface area contributed by atoms with E-state index in [1.165, 1.54) is 6.20 Å². The van der Waals surface area contributed by atoms with Crippen LogP contribution in [-0.4, -0.2) is 56.1 Å². The minimum absolute atomic E-state index is 0.186. The smallest absolute Gasteiger partial charge is 0.343 e.